The molecular weight excluding hydrogens is 251 g/mol. The van der Waals surface area contributed by atoms with E-state index in [1.807, 2.05) is 0 Å². The summed E-state index contributed by atoms with van der Waals surface area (Å²) >= 11 is 0. The minimum atomic E-state index is -1.24. The molecule has 0 amide bonds. The Balaban J connectivity index is 2.62. The molecule has 5 heteroatoms. The summed E-state index contributed by atoms with van der Waals surface area (Å²) < 4.78 is 13.8. The van der Waals surface area contributed by atoms with Gasteiger partial charge < -0.3 is 10.2 Å². The van der Waals surface area contributed by atoms with Crippen LogP contribution < -0.4 is 0 Å². The maximum Gasteiger partial charge on any atom is 0.336 e. The van der Waals surface area contributed by atoms with Gasteiger partial charge in [-0.3, -0.25) is 4.79 Å². The van der Waals surface area contributed by atoms with E-state index in [4.69, 9.17) is 5.11 Å². The number of benzene rings is 1. The van der Waals surface area contributed by atoms with E-state index in [9.17, 15) is 19.1 Å². The molecule has 0 radical (unpaired) electrons. The standard InChI is InChI=1S/C14H15FO4/c1-8-10(12(16)17)6-9(7-11(8)15)14(13(18)19)4-2-3-5-14/h6-7H,2-5H2,1H3,(H,16,17)(H,18,19). The zero-order chi connectivity index (χ0) is 14.2. The van der Waals surface area contributed by atoms with Crippen molar-refractivity contribution in [2.45, 2.75) is 38.0 Å². The summed E-state index contributed by atoms with van der Waals surface area (Å²) in [4.78, 5) is 22.6. The van der Waals surface area contributed by atoms with E-state index in [0.29, 0.717) is 12.8 Å². The van der Waals surface area contributed by atoms with Gasteiger partial charge in [0, 0.05) is 0 Å². The van der Waals surface area contributed by atoms with Gasteiger partial charge in [-0.15, -0.1) is 0 Å². The molecule has 1 aliphatic carbocycles. The summed E-state index contributed by atoms with van der Waals surface area (Å²) in [6, 6.07) is 2.47. The van der Waals surface area contributed by atoms with Crippen LogP contribution in [-0.4, -0.2) is 22.2 Å². The summed E-state index contributed by atoms with van der Waals surface area (Å²) in [6.45, 7) is 1.38. The summed E-state index contributed by atoms with van der Waals surface area (Å²) in [6.07, 6.45) is 2.35. The van der Waals surface area contributed by atoms with Crippen molar-refractivity contribution in [3.8, 4) is 0 Å². The third kappa shape index (κ3) is 2.09. The molecule has 0 bridgehead atoms. The highest BCUT2D eigenvalue weighted by molar-refractivity contribution is 5.91. The summed E-state index contributed by atoms with van der Waals surface area (Å²) in [5.74, 6) is -2.91. The molecule has 2 N–H and O–H groups in total. The van der Waals surface area contributed by atoms with Crippen molar-refractivity contribution >= 4 is 11.9 Å². The highest BCUT2D eigenvalue weighted by Crippen LogP contribution is 2.42. The number of aromatic carboxylic acids is 1. The fourth-order valence-corrected chi connectivity index (χ4v) is 2.78. The van der Waals surface area contributed by atoms with E-state index in [0.717, 1.165) is 12.8 Å². The van der Waals surface area contributed by atoms with Crippen molar-refractivity contribution in [1.82, 2.24) is 0 Å². The molecule has 4 nitrogen and oxygen atoms in total. The second-order valence-corrected chi connectivity index (χ2v) is 5.03. The van der Waals surface area contributed by atoms with Gasteiger partial charge in [-0.05, 0) is 43.0 Å². The number of halogens is 1. The van der Waals surface area contributed by atoms with Crippen LogP contribution >= 0.6 is 0 Å². The Morgan fingerprint density at radius 3 is 2.26 bits per heavy atom. The maximum absolute atomic E-state index is 13.8. The first-order valence-electron chi connectivity index (χ1n) is 6.16. The Labute approximate surface area is 109 Å². The molecule has 1 fully saturated rings. The Hall–Kier alpha value is -1.91. The van der Waals surface area contributed by atoms with Gasteiger partial charge in [0.15, 0.2) is 0 Å². The van der Waals surface area contributed by atoms with Crippen LogP contribution in [0.3, 0.4) is 0 Å². The molecule has 102 valence electrons. The highest BCUT2D eigenvalue weighted by Gasteiger charge is 2.43. The molecule has 0 aromatic heterocycles. The van der Waals surface area contributed by atoms with Gasteiger partial charge in [-0.2, -0.15) is 0 Å². The van der Waals surface area contributed by atoms with Crippen molar-refractivity contribution in [3.63, 3.8) is 0 Å². The molecule has 0 heterocycles. The van der Waals surface area contributed by atoms with Gasteiger partial charge in [0.1, 0.15) is 5.82 Å². The van der Waals surface area contributed by atoms with E-state index in [1.165, 1.54) is 19.1 Å². The molecule has 0 atom stereocenters. The predicted molar refractivity (Wildman–Crippen MR) is 65.9 cm³/mol. The van der Waals surface area contributed by atoms with Crippen LogP contribution in [0.25, 0.3) is 0 Å². The number of hydrogen-bond acceptors (Lipinski definition) is 2. The molecule has 1 aliphatic rings. The summed E-state index contributed by atoms with van der Waals surface area (Å²) in [5.41, 5.74) is -1.01. The zero-order valence-corrected chi connectivity index (χ0v) is 10.6. The maximum atomic E-state index is 13.8. The lowest BCUT2D eigenvalue weighted by Crippen LogP contribution is -2.33. The quantitative estimate of drug-likeness (QED) is 0.882. The van der Waals surface area contributed by atoms with E-state index >= 15 is 0 Å². The fraction of sp³-hybridized carbons (Fsp3) is 0.429. The lowest BCUT2D eigenvalue weighted by atomic mass is 9.78. The Bertz CT molecular complexity index is 545. The van der Waals surface area contributed by atoms with Crippen LogP contribution in [0.15, 0.2) is 12.1 Å². The third-order valence-electron chi connectivity index (χ3n) is 3.99. The molecule has 1 aromatic rings. The molecule has 1 aromatic carbocycles. The molecule has 1 saturated carbocycles. The van der Waals surface area contributed by atoms with Crippen LogP contribution in [0, 0.1) is 12.7 Å². The van der Waals surface area contributed by atoms with Crippen LogP contribution in [0.2, 0.25) is 0 Å². The molecule has 0 unspecified atom stereocenters. The van der Waals surface area contributed by atoms with Crippen molar-refractivity contribution in [3.05, 3.63) is 34.6 Å². The van der Waals surface area contributed by atoms with Crippen molar-refractivity contribution in [1.29, 1.82) is 0 Å². The molecule has 2 rings (SSSR count). The number of carboxylic acid groups (broad SMARTS) is 2. The Morgan fingerprint density at radius 2 is 1.79 bits per heavy atom. The van der Waals surface area contributed by atoms with E-state index in [-0.39, 0.29) is 16.7 Å². The average molecular weight is 266 g/mol. The largest absolute Gasteiger partial charge is 0.481 e. The van der Waals surface area contributed by atoms with E-state index < -0.39 is 23.2 Å². The highest BCUT2D eigenvalue weighted by atomic mass is 19.1. The topological polar surface area (TPSA) is 74.6 Å². The number of carbonyl (C=O) groups is 2. The van der Waals surface area contributed by atoms with Crippen molar-refractivity contribution < 1.29 is 24.2 Å². The van der Waals surface area contributed by atoms with E-state index in [1.54, 1.807) is 0 Å². The van der Waals surface area contributed by atoms with Crippen LogP contribution in [0.4, 0.5) is 4.39 Å². The molecule has 0 spiro atoms. The predicted octanol–water partition coefficient (Wildman–Crippen LogP) is 2.73. The Kier molecular flexibility index (Phi) is 3.30. The zero-order valence-electron chi connectivity index (χ0n) is 10.6. The molecular formula is C14H15FO4. The fourth-order valence-electron chi connectivity index (χ4n) is 2.78. The molecule has 0 aliphatic heterocycles. The van der Waals surface area contributed by atoms with Crippen molar-refractivity contribution in [2.24, 2.45) is 0 Å². The lowest BCUT2D eigenvalue weighted by Gasteiger charge is -2.25. The minimum Gasteiger partial charge on any atom is -0.481 e. The number of rotatable bonds is 3. The second-order valence-electron chi connectivity index (χ2n) is 5.03. The molecule has 19 heavy (non-hydrogen) atoms. The van der Waals surface area contributed by atoms with Gasteiger partial charge in [0.2, 0.25) is 0 Å². The number of hydrogen-bond donors (Lipinski definition) is 2. The van der Waals surface area contributed by atoms with Gasteiger partial charge in [0.05, 0.1) is 11.0 Å². The van der Waals surface area contributed by atoms with Crippen LogP contribution in [-0.2, 0) is 10.2 Å². The SMILES string of the molecule is Cc1c(F)cc(C2(C(=O)O)CCCC2)cc1C(=O)O. The summed E-state index contributed by atoms with van der Waals surface area (Å²) in [5, 5.41) is 18.5. The van der Waals surface area contributed by atoms with Crippen LogP contribution in [0.5, 0.6) is 0 Å². The first-order valence-corrected chi connectivity index (χ1v) is 6.16. The second kappa shape index (κ2) is 4.64. The monoisotopic (exact) mass is 266 g/mol. The van der Waals surface area contributed by atoms with Crippen LogP contribution in [0.1, 0.15) is 47.2 Å². The summed E-state index contributed by atoms with van der Waals surface area (Å²) in [7, 11) is 0. The van der Waals surface area contributed by atoms with Gasteiger partial charge in [-0.1, -0.05) is 12.8 Å². The van der Waals surface area contributed by atoms with Gasteiger partial charge in [0.25, 0.3) is 0 Å². The average Bonchev–Trinajstić information content (AvgIpc) is 2.82. The van der Waals surface area contributed by atoms with Gasteiger partial charge >= 0.3 is 11.9 Å². The number of aliphatic carboxylic acids is 1. The molecule has 0 saturated heterocycles. The van der Waals surface area contributed by atoms with Crippen molar-refractivity contribution in [2.75, 3.05) is 0 Å². The first kappa shape index (κ1) is 13.5. The Morgan fingerprint density at radius 1 is 1.21 bits per heavy atom. The third-order valence-corrected chi connectivity index (χ3v) is 3.99. The number of carboxylic acids is 2. The minimum absolute atomic E-state index is 0.0368. The first-order chi connectivity index (χ1) is 8.88. The van der Waals surface area contributed by atoms with E-state index in [2.05, 4.69) is 0 Å². The lowest BCUT2D eigenvalue weighted by molar-refractivity contribution is -0.143. The normalized spacial score (nSPS) is 17.4. The smallest absolute Gasteiger partial charge is 0.336 e. The van der Waals surface area contributed by atoms with Gasteiger partial charge in [-0.25, -0.2) is 9.18 Å².